The first kappa shape index (κ1) is 15.8. The third-order valence-corrected chi connectivity index (χ3v) is 3.16. The lowest BCUT2D eigenvalue weighted by Gasteiger charge is -2.07. The van der Waals surface area contributed by atoms with Gasteiger partial charge < -0.3 is 4.74 Å². The molecule has 0 atom stereocenters. The summed E-state index contributed by atoms with van der Waals surface area (Å²) in [6, 6.07) is 20.4. The van der Waals surface area contributed by atoms with Gasteiger partial charge in [0.25, 0.3) is 0 Å². The van der Waals surface area contributed by atoms with E-state index >= 15 is 0 Å². The molecule has 0 fully saturated rings. The summed E-state index contributed by atoms with van der Waals surface area (Å²) in [5.74, 6) is -0.201. The van der Waals surface area contributed by atoms with E-state index in [4.69, 9.17) is 4.74 Å². The summed E-state index contributed by atoms with van der Waals surface area (Å²) in [4.78, 5) is 11.3. The number of rotatable bonds is 6. The van der Waals surface area contributed by atoms with E-state index in [0.717, 1.165) is 16.7 Å². The zero-order valence-electron chi connectivity index (χ0n) is 12.7. The van der Waals surface area contributed by atoms with E-state index in [1.807, 2.05) is 61.5 Å². The second-order valence-corrected chi connectivity index (χ2v) is 4.75. The minimum absolute atomic E-state index is 0.201. The molecule has 0 saturated carbocycles. The van der Waals surface area contributed by atoms with Crippen LogP contribution in [0.4, 0.5) is 0 Å². The van der Waals surface area contributed by atoms with Crippen molar-refractivity contribution in [3.05, 3.63) is 90.0 Å². The van der Waals surface area contributed by atoms with Crippen LogP contribution in [-0.2, 0) is 9.53 Å². The van der Waals surface area contributed by atoms with Gasteiger partial charge in [-0.2, -0.15) is 0 Å². The molecular weight excluding hydrogens is 272 g/mol. The van der Waals surface area contributed by atoms with Crippen LogP contribution in [-0.4, -0.2) is 12.6 Å². The van der Waals surface area contributed by atoms with Crippen molar-refractivity contribution in [2.45, 2.75) is 13.3 Å². The lowest BCUT2D eigenvalue weighted by Crippen LogP contribution is -2.01. The van der Waals surface area contributed by atoms with Crippen LogP contribution >= 0.6 is 0 Å². The minimum atomic E-state index is -0.201. The van der Waals surface area contributed by atoms with Crippen LogP contribution in [0.15, 0.2) is 78.9 Å². The minimum Gasteiger partial charge on any atom is -0.466 e. The van der Waals surface area contributed by atoms with Crippen molar-refractivity contribution < 1.29 is 9.53 Å². The van der Waals surface area contributed by atoms with E-state index < -0.39 is 0 Å². The molecule has 2 heteroatoms. The van der Waals surface area contributed by atoms with Gasteiger partial charge in [0.05, 0.1) is 13.0 Å². The Kier molecular flexibility index (Phi) is 6.18. The van der Waals surface area contributed by atoms with Gasteiger partial charge in [-0.15, -0.1) is 0 Å². The first-order valence-electron chi connectivity index (χ1n) is 7.44. The summed E-state index contributed by atoms with van der Waals surface area (Å²) in [6.07, 6.45) is 6.06. The Morgan fingerprint density at radius 2 is 1.50 bits per heavy atom. The van der Waals surface area contributed by atoms with Crippen molar-refractivity contribution in [3.8, 4) is 0 Å². The highest BCUT2D eigenvalue weighted by molar-refractivity contribution is 5.80. The van der Waals surface area contributed by atoms with Crippen molar-refractivity contribution in [1.82, 2.24) is 0 Å². The fourth-order valence-corrected chi connectivity index (χ4v) is 2.14. The molecule has 0 aliphatic heterocycles. The third-order valence-electron chi connectivity index (χ3n) is 3.16. The first-order valence-corrected chi connectivity index (χ1v) is 7.44. The van der Waals surface area contributed by atoms with E-state index in [1.165, 1.54) is 0 Å². The zero-order chi connectivity index (χ0) is 15.6. The van der Waals surface area contributed by atoms with Gasteiger partial charge in [0.2, 0.25) is 0 Å². The number of carbonyl (C=O) groups excluding carboxylic acids is 1. The summed E-state index contributed by atoms with van der Waals surface area (Å²) >= 11 is 0. The SMILES string of the molecule is CCOC(=O)C/C=C\C=C(c1ccccc1)c1ccccc1. The van der Waals surface area contributed by atoms with E-state index in [9.17, 15) is 4.79 Å². The van der Waals surface area contributed by atoms with Crippen LogP contribution in [0.25, 0.3) is 5.57 Å². The van der Waals surface area contributed by atoms with Crippen LogP contribution in [0, 0.1) is 0 Å². The Hall–Kier alpha value is -2.61. The molecule has 0 spiro atoms. The molecule has 0 unspecified atom stereocenters. The van der Waals surface area contributed by atoms with E-state index in [2.05, 4.69) is 24.3 Å². The van der Waals surface area contributed by atoms with Crippen LogP contribution < -0.4 is 0 Å². The molecule has 0 N–H and O–H groups in total. The standard InChI is InChI=1S/C20H20O2/c1-2-22-20(21)16-10-9-15-19(17-11-5-3-6-12-17)18-13-7-4-8-14-18/h3-15H,2,16H2,1H3/b10-9-. The topological polar surface area (TPSA) is 26.3 Å². The quantitative estimate of drug-likeness (QED) is 0.573. The summed E-state index contributed by atoms with van der Waals surface area (Å²) in [5.41, 5.74) is 3.42. The highest BCUT2D eigenvalue weighted by atomic mass is 16.5. The van der Waals surface area contributed by atoms with Crippen LogP contribution in [0.3, 0.4) is 0 Å². The normalized spacial score (nSPS) is 10.4. The van der Waals surface area contributed by atoms with Gasteiger partial charge in [-0.1, -0.05) is 78.9 Å². The lowest BCUT2D eigenvalue weighted by atomic mass is 9.97. The molecule has 0 saturated heterocycles. The Balaban J connectivity index is 2.20. The highest BCUT2D eigenvalue weighted by Crippen LogP contribution is 2.23. The largest absolute Gasteiger partial charge is 0.466 e. The number of esters is 1. The lowest BCUT2D eigenvalue weighted by molar-refractivity contribution is -0.142. The monoisotopic (exact) mass is 292 g/mol. The maximum absolute atomic E-state index is 11.3. The van der Waals surface area contributed by atoms with E-state index in [-0.39, 0.29) is 5.97 Å². The van der Waals surface area contributed by atoms with Crippen molar-refractivity contribution in [3.63, 3.8) is 0 Å². The Labute approximate surface area is 131 Å². The average Bonchev–Trinajstić information content (AvgIpc) is 2.57. The maximum atomic E-state index is 11.3. The van der Waals surface area contributed by atoms with Gasteiger partial charge in [-0.3, -0.25) is 4.79 Å². The van der Waals surface area contributed by atoms with Gasteiger partial charge >= 0.3 is 5.97 Å². The van der Waals surface area contributed by atoms with Gasteiger partial charge in [-0.25, -0.2) is 0 Å². The molecule has 2 rings (SSSR count). The molecule has 112 valence electrons. The number of ether oxygens (including phenoxy) is 1. The first-order chi connectivity index (χ1) is 10.8. The molecule has 2 aromatic rings. The molecule has 0 radical (unpaired) electrons. The summed E-state index contributed by atoms with van der Waals surface area (Å²) in [6.45, 7) is 2.23. The summed E-state index contributed by atoms with van der Waals surface area (Å²) < 4.78 is 4.91. The Morgan fingerprint density at radius 1 is 0.955 bits per heavy atom. The number of benzene rings is 2. The number of hydrogen-bond donors (Lipinski definition) is 0. The van der Waals surface area contributed by atoms with Crippen molar-refractivity contribution in [2.24, 2.45) is 0 Å². The molecule has 0 heterocycles. The zero-order valence-corrected chi connectivity index (χ0v) is 12.7. The van der Waals surface area contributed by atoms with Crippen LogP contribution in [0.5, 0.6) is 0 Å². The highest BCUT2D eigenvalue weighted by Gasteiger charge is 2.02. The molecule has 0 bridgehead atoms. The predicted molar refractivity (Wildman–Crippen MR) is 90.4 cm³/mol. The molecule has 0 amide bonds. The van der Waals surface area contributed by atoms with Crippen molar-refractivity contribution >= 4 is 11.5 Å². The van der Waals surface area contributed by atoms with Crippen molar-refractivity contribution in [2.75, 3.05) is 6.61 Å². The second-order valence-electron chi connectivity index (χ2n) is 4.75. The molecule has 0 aliphatic carbocycles. The molecule has 0 aliphatic rings. The fourth-order valence-electron chi connectivity index (χ4n) is 2.14. The number of carbonyl (C=O) groups is 1. The Morgan fingerprint density at radius 3 is 2.00 bits per heavy atom. The summed E-state index contributed by atoms with van der Waals surface area (Å²) in [7, 11) is 0. The summed E-state index contributed by atoms with van der Waals surface area (Å²) in [5, 5.41) is 0. The number of hydrogen-bond acceptors (Lipinski definition) is 2. The van der Waals surface area contributed by atoms with E-state index in [1.54, 1.807) is 0 Å². The van der Waals surface area contributed by atoms with Gasteiger partial charge in [0.15, 0.2) is 0 Å². The molecule has 0 aromatic heterocycles. The van der Waals surface area contributed by atoms with Crippen LogP contribution in [0.2, 0.25) is 0 Å². The molecule has 2 nitrogen and oxygen atoms in total. The molecule has 22 heavy (non-hydrogen) atoms. The fraction of sp³-hybridized carbons (Fsp3) is 0.150. The van der Waals surface area contributed by atoms with Crippen LogP contribution in [0.1, 0.15) is 24.5 Å². The number of allylic oxidation sites excluding steroid dienone is 2. The van der Waals surface area contributed by atoms with Gasteiger partial charge in [0.1, 0.15) is 0 Å². The molecule has 2 aromatic carbocycles. The second kappa shape index (κ2) is 8.63. The molecular formula is C20H20O2. The Bertz CT molecular complexity index is 598. The van der Waals surface area contributed by atoms with Gasteiger partial charge in [0, 0.05) is 0 Å². The smallest absolute Gasteiger partial charge is 0.309 e. The van der Waals surface area contributed by atoms with Gasteiger partial charge in [-0.05, 0) is 23.6 Å². The average molecular weight is 292 g/mol. The third kappa shape index (κ3) is 4.74. The predicted octanol–water partition coefficient (Wildman–Crippen LogP) is 4.63. The van der Waals surface area contributed by atoms with Crippen molar-refractivity contribution in [1.29, 1.82) is 0 Å². The maximum Gasteiger partial charge on any atom is 0.309 e. The van der Waals surface area contributed by atoms with E-state index in [0.29, 0.717) is 13.0 Å².